The number of rotatable bonds is 3. The molecule has 6 heteroatoms. The molecule has 1 aromatic rings. The van der Waals surface area contributed by atoms with Crippen molar-refractivity contribution >= 4 is 11.8 Å². The van der Waals surface area contributed by atoms with Crippen molar-refractivity contribution in [2.75, 3.05) is 13.1 Å². The van der Waals surface area contributed by atoms with Crippen LogP contribution in [0.3, 0.4) is 0 Å². The number of nitrogens with zero attached hydrogens (tertiary/aromatic N) is 2. The highest BCUT2D eigenvalue weighted by Crippen LogP contribution is 2.15. The second-order valence-corrected chi connectivity index (χ2v) is 6.53. The summed E-state index contributed by atoms with van der Waals surface area (Å²) in [7, 11) is 0. The monoisotopic (exact) mass is 320 g/mol. The molecule has 126 valence electrons. The van der Waals surface area contributed by atoms with Crippen LogP contribution in [0.5, 0.6) is 0 Å². The minimum atomic E-state index is -0.827. The lowest BCUT2D eigenvalue weighted by Gasteiger charge is -2.32. The van der Waals surface area contributed by atoms with E-state index in [2.05, 4.69) is 5.16 Å². The Morgan fingerprint density at radius 3 is 2.65 bits per heavy atom. The second-order valence-electron chi connectivity index (χ2n) is 6.53. The molecule has 0 aliphatic carbocycles. The third-order valence-corrected chi connectivity index (χ3v) is 3.32. The molecule has 0 radical (unpaired) electrons. The number of likely N-dealkylation sites (tertiary alicyclic amines) is 1. The Balaban J connectivity index is 1.84. The molecular formula is C17H24N2O4. The molecule has 1 aromatic carbocycles. The highest BCUT2D eigenvalue weighted by atomic mass is 16.6. The normalized spacial score (nSPS) is 20.4. The summed E-state index contributed by atoms with van der Waals surface area (Å²) >= 11 is 0. The van der Waals surface area contributed by atoms with E-state index < -0.39 is 17.8 Å². The van der Waals surface area contributed by atoms with Gasteiger partial charge in [0.1, 0.15) is 18.3 Å². The van der Waals surface area contributed by atoms with Gasteiger partial charge in [-0.05, 0) is 26.3 Å². The number of carbonyl (C=O) groups is 1. The molecule has 1 unspecified atom stereocenters. The van der Waals surface area contributed by atoms with Gasteiger partial charge >= 0.3 is 6.09 Å². The number of aliphatic hydroxyl groups is 1. The van der Waals surface area contributed by atoms with Crippen molar-refractivity contribution in [2.24, 2.45) is 5.16 Å². The van der Waals surface area contributed by atoms with E-state index in [0.717, 1.165) is 5.56 Å². The number of amides is 1. The van der Waals surface area contributed by atoms with E-state index in [1.165, 1.54) is 4.90 Å². The molecule has 0 saturated carbocycles. The fourth-order valence-corrected chi connectivity index (χ4v) is 2.18. The summed E-state index contributed by atoms with van der Waals surface area (Å²) in [6.45, 7) is 6.43. The van der Waals surface area contributed by atoms with Crippen LogP contribution in [0.25, 0.3) is 0 Å². The number of hydrogen-bond acceptors (Lipinski definition) is 5. The SMILES string of the molecule is CC(C)(C)OC(=O)N1CC/C(=N/OCc2ccccc2)C(O)C1. The lowest BCUT2D eigenvalue weighted by atomic mass is 10.1. The van der Waals surface area contributed by atoms with Crippen molar-refractivity contribution in [3.8, 4) is 0 Å². The first kappa shape index (κ1) is 17.3. The van der Waals surface area contributed by atoms with Crippen molar-refractivity contribution in [3.05, 3.63) is 35.9 Å². The smallest absolute Gasteiger partial charge is 0.410 e. The molecule has 1 saturated heterocycles. The summed E-state index contributed by atoms with van der Waals surface area (Å²) in [5, 5.41) is 14.1. The maximum absolute atomic E-state index is 12.0. The maximum atomic E-state index is 12.0. The lowest BCUT2D eigenvalue weighted by Crippen LogP contribution is -2.48. The molecule has 1 aliphatic heterocycles. The summed E-state index contributed by atoms with van der Waals surface area (Å²) in [6, 6.07) is 9.69. The van der Waals surface area contributed by atoms with Crippen LogP contribution < -0.4 is 0 Å². The molecular weight excluding hydrogens is 296 g/mol. The Morgan fingerprint density at radius 1 is 1.35 bits per heavy atom. The minimum absolute atomic E-state index is 0.169. The number of ether oxygens (including phenoxy) is 1. The van der Waals surface area contributed by atoms with Crippen molar-refractivity contribution in [2.45, 2.75) is 45.5 Å². The van der Waals surface area contributed by atoms with E-state index in [9.17, 15) is 9.90 Å². The number of aliphatic hydroxyl groups excluding tert-OH is 1. The van der Waals surface area contributed by atoms with Gasteiger partial charge < -0.3 is 19.6 Å². The summed E-state index contributed by atoms with van der Waals surface area (Å²) in [6.07, 6.45) is -0.775. The predicted octanol–water partition coefficient (Wildman–Crippen LogP) is 2.56. The Hall–Kier alpha value is -2.08. The Kier molecular flexibility index (Phi) is 5.60. The molecule has 0 aromatic heterocycles. The first-order chi connectivity index (χ1) is 10.8. The predicted molar refractivity (Wildman–Crippen MR) is 87.1 cm³/mol. The van der Waals surface area contributed by atoms with Crippen molar-refractivity contribution in [3.63, 3.8) is 0 Å². The van der Waals surface area contributed by atoms with Crippen LogP contribution in [0.2, 0.25) is 0 Å². The van der Waals surface area contributed by atoms with Crippen LogP contribution in [0.15, 0.2) is 35.5 Å². The van der Waals surface area contributed by atoms with E-state index in [1.807, 2.05) is 51.1 Å². The molecule has 0 spiro atoms. The number of benzene rings is 1. The van der Waals surface area contributed by atoms with Crippen LogP contribution in [0.1, 0.15) is 32.8 Å². The van der Waals surface area contributed by atoms with E-state index in [1.54, 1.807) is 0 Å². The van der Waals surface area contributed by atoms with Gasteiger partial charge in [-0.25, -0.2) is 4.79 Å². The third-order valence-electron chi connectivity index (χ3n) is 3.32. The largest absolute Gasteiger partial charge is 0.444 e. The molecule has 1 aliphatic rings. The fourth-order valence-electron chi connectivity index (χ4n) is 2.18. The highest BCUT2D eigenvalue weighted by molar-refractivity contribution is 5.90. The zero-order chi connectivity index (χ0) is 16.9. The van der Waals surface area contributed by atoms with Crippen molar-refractivity contribution < 1.29 is 19.5 Å². The molecule has 1 heterocycles. The number of β-amino-alcohol motifs (C(OH)–C–C–N with tert-alkyl or cyclic N) is 1. The molecule has 6 nitrogen and oxygen atoms in total. The average molecular weight is 320 g/mol. The molecule has 2 rings (SSSR count). The highest BCUT2D eigenvalue weighted by Gasteiger charge is 2.30. The number of oxime groups is 1. The van der Waals surface area contributed by atoms with Gasteiger partial charge in [0, 0.05) is 13.0 Å². The van der Waals surface area contributed by atoms with E-state index >= 15 is 0 Å². The van der Waals surface area contributed by atoms with Gasteiger partial charge in [-0.2, -0.15) is 0 Å². The van der Waals surface area contributed by atoms with Crippen LogP contribution in [0, 0.1) is 0 Å². The van der Waals surface area contributed by atoms with Crippen LogP contribution in [-0.4, -0.2) is 46.6 Å². The topological polar surface area (TPSA) is 71.4 Å². The van der Waals surface area contributed by atoms with E-state index in [0.29, 0.717) is 25.3 Å². The zero-order valence-electron chi connectivity index (χ0n) is 13.9. The van der Waals surface area contributed by atoms with Crippen molar-refractivity contribution in [1.29, 1.82) is 0 Å². The molecule has 1 atom stereocenters. The first-order valence-corrected chi connectivity index (χ1v) is 7.74. The fraction of sp³-hybridized carbons (Fsp3) is 0.529. The summed E-state index contributed by atoms with van der Waals surface area (Å²) < 4.78 is 5.30. The molecule has 1 amide bonds. The zero-order valence-corrected chi connectivity index (χ0v) is 13.9. The van der Waals surface area contributed by atoms with Gasteiger partial charge in [-0.15, -0.1) is 0 Å². The molecule has 0 bridgehead atoms. The summed E-state index contributed by atoms with van der Waals surface area (Å²) in [5.41, 5.74) is 1.02. The number of piperidine rings is 1. The molecule has 1 fully saturated rings. The first-order valence-electron chi connectivity index (χ1n) is 7.74. The summed E-state index contributed by atoms with van der Waals surface area (Å²) in [4.78, 5) is 18.8. The second kappa shape index (κ2) is 7.46. The minimum Gasteiger partial charge on any atom is -0.444 e. The van der Waals surface area contributed by atoms with Crippen LogP contribution in [0.4, 0.5) is 4.79 Å². The number of hydrogen-bond donors (Lipinski definition) is 1. The van der Waals surface area contributed by atoms with Gasteiger partial charge in [-0.3, -0.25) is 0 Å². The molecule has 23 heavy (non-hydrogen) atoms. The van der Waals surface area contributed by atoms with Crippen LogP contribution in [-0.2, 0) is 16.2 Å². The van der Waals surface area contributed by atoms with E-state index in [-0.39, 0.29) is 6.54 Å². The quantitative estimate of drug-likeness (QED) is 0.869. The molecule has 1 N–H and O–H groups in total. The van der Waals surface area contributed by atoms with Crippen LogP contribution >= 0.6 is 0 Å². The van der Waals surface area contributed by atoms with Gasteiger partial charge in [0.25, 0.3) is 0 Å². The maximum Gasteiger partial charge on any atom is 0.410 e. The number of carbonyl (C=O) groups excluding carboxylic acids is 1. The standard InChI is InChI=1S/C17H24N2O4/c1-17(2,3)23-16(21)19-10-9-14(15(20)11-19)18-22-12-13-7-5-4-6-8-13/h4-8,15,20H,9-12H2,1-3H3/b18-14-. The third kappa shape index (κ3) is 5.56. The van der Waals surface area contributed by atoms with E-state index in [4.69, 9.17) is 9.57 Å². The summed E-state index contributed by atoms with van der Waals surface area (Å²) in [5.74, 6) is 0. The average Bonchev–Trinajstić information content (AvgIpc) is 2.48. The lowest BCUT2D eigenvalue weighted by molar-refractivity contribution is 0.0161. The Labute approximate surface area is 136 Å². The van der Waals surface area contributed by atoms with Gasteiger partial charge in [-0.1, -0.05) is 35.5 Å². The van der Waals surface area contributed by atoms with Gasteiger partial charge in [0.05, 0.1) is 12.3 Å². The van der Waals surface area contributed by atoms with Crippen molar-refractivity contribution in [1.82, 2.24) is 4.90 Å². The Bertz CT molecular complexity index is 551. The van der Waals surface area contributed by atoms with Gasteiger partial charge in [0.2, 0.25) is 0 Å². The Morgan fingerprint density at radius 2 is 2.04 bits per heavy atom. The van der Waals surface area contributed by atoms with Gasteiger partial charge in [0.15, 0.2) is 0 Å².